The highest BCUT2D eigenvalue weighted by atomic mass is 16.1. The summed E-state index contributed by atoms with van der Waals surface area (Å²) < 4.78 is 0. The Balaban J connectivity index is 1.71. The summed E-state index contributed by atoms with van der Waals surface area (Å²) in [6.45, 7) is 0.0615. The molecular formula is C22H21N3O. The van der Waals surface area contributed by atoms with E-state index in [-0.39, 0.29) is 24.3 Å². The first-order valence-corrected chi connectivity index (χ1v) is 8.94. The van der Waals surface area contributed by atoms with E-state index in [1.807, 2.05) is 30.3 Å². The fraction of sp³-hybridized carbons (Fsp3) is 0.318. The van der Waals surface area contributed by atoms with Crippen LogP contribution >= 0.6 is 0 Å². The largest absolute Gasteiger partial charge is 0.343 e. The average Bonchev–Trinajstić information content (AvgIpc) is 2.71. The highest BCUT2D eigenvalue weighted by molar-refractivity contribution is 5.79. The smallest absolute Gasteiger partial charge is 0.225 e. The summed E-state index contributed by atoms with van der Waals surface area (Å²) in [5.41, 5.74) is 3.20. The first kappa shape index (κ1) is 17.7. The van der Waals surface area contributed by atoms with Crippen molar-refractivity contribution in [2.75, 3.05) is 6.54 Å². The fourth-order valence-electron chi connectivity index (χ4n) is 3.34. The molecule has 2 aromatic rings. The molecule has 2 atom stereocenters. The third-order valence-electron chi connectivity index (χ3n) is 4.74. The molecule has 1 amide bonds. The van der Waals surface area contributed by atoms with E-state index in [1.165, 1.54) is 0 Å². The third-order valence-corrected chi connectivity index (χ3v) is 4.74. The summed E-state index contributed by atoms with van der Waals surface area (Å²) in [6.07, 6.45) is 7.49. The molecule has 0 spiro atoms. The molecule has 130 valence electrons. The second-order valence-corrected chi connectivity index (χ2v) is 6.46. The van der Waals surface area contributed by atoms with Gasteiger partial charge in [-0.25, -0.2) is 0 Å². The molecule has 0 bridgehead atoms. The minimum absolute atomic E-state index is 0.0430. The lowest BCUT2D eigenvalue weighted by atomic mass is 9.79. The number of pyridine rings is 1. The Labute approximate surface area is 154 Å². The van der Waals surface area contributed by atoms with Gasteiger partial charge in [0, 0.05) is 23.9 Å². The van der Waals surface area contributed by atoms with Gasteiger partial charge < -0.3 is 5.32 Å². The van der Waals surface area contributed by atoms with Crippen molar-refractivity contribution in [2.45, 2.75) is 25.7 Å². The quantitative estimate of drug-likeness (QED) is 0.685. The van der Waals surface area contributed by atoms with Gasteiger partial charge in [-0.3, -0.25) is 9.78 Å². The minimum Gasteiger partial charge on any atom is -0.343 e. The molecule has 1 heterocycles. The predicted octanol–water partition coefficient (Wildman–Crippen LogP) is 3.55. The summed E-state index contributed by atoms with van der Waals surface area (Å²) in [5.74, 6) is 6.43. The van der Waals surface area contributed by atoms with Crippen LogP contribution in [0.2, 0.25) is 0 Å². The third kappa shape index (κ3) is 4.49. The average molecular weight is 343 g/mol. The Morgan fingerprint density at radius 1 is 1.08 bits per heavy atom. The van der Waals surface area contributed by atoms with Crippen LogP contribution in [0.15, 0.2) is 48.8 Å². The molecule has 3 rings (SSSR count). The molecule has 1 fully saturated rings. The number of nitrogens with zero attached hydrogens (tertiary/aromatic N) is 2. The molecule has 1 saturated carbocycles. The van der Waals surface area contributed by atoms with E-state index in [9.17, 15) is 4.79 Å². The molecule has 2 unspecified atom stereocenters. The number of hydrogen-bond donors (Lipinski definition) is 1. The number of rotatable bonds is 3. The zero-order valence-corrected chi connectivity index (χ0v) is 14.6. The highest BCUT2D eigenvalue weighted by Crippen LogP contribution is 2.30. The second-order valence-electron chi connectivity index (χ2n) is 6.46. The molecule has 0 saturated heterocycles. The molecule has 4 heteroatoms. The molecular weight excluding hydrogens is 322 g/mol. The summed E-state index contributed by atoms with van der Waals surface area (Å²) in [4.78, 5) is 16.3. The number of carbonyl (C=O) groups excluding carboxylic acids is 1. The molecule has 4 nitrogen and oxygen atoms in total. The van der Waals surface area contributed by atoms with Crippen LogP contribution in [0.1, 0.15) is 31.2 Å². The van der Waals surface area contributed by atoms with Crippen molar-refractivity contribution in [3.8, 4) is 29.0 Å². The maximum absolute atomic E-state index is 12.2. The number of nitriles is 1. The van der Waals surface area contributed by atoms with Crippen molar-refractivity contribution in [3.05, 3.63) is 54.4 Å². The van der Waals surface area contributed by atoms with E-state index in [2.05, 4.69) is 34.3 Å². The van der Waals surface area contributed by atoms with Gasteiger partial charge in [0.25, 0.3) is 0 Å². The van der Waals surface area contributed by atoms with Crippen LogP contribution in [-0.4, -0.2) is 17.4 Å². The van der Waals surface area contributed by atoms with Gasteiger partial charge >= 0.3 is 0 Å². The Morgan fingerprint density at radius 3 is 2.50 bits per heavy atom. The van der Waals surface area contributed by atoms with E-state index in [0.717, 1.165) is 42.4 Å². The van der Waals surface area contributed by atoms with E-state index in [1.54, 1.807) is 12.4 Å². The van der Waals surface area contributed by atoms with Gasteiger partial charge in [0.15, 0.2) is 0 Å². The van der Waals surface area contributed by atoms with Gasteiger partial charge in [0.1, 0.15) is 6.54 Å². The molecule has 1 N–H and O–H groups in total. The van der Waals surface area contributed by atoms with Crippen molar-refractivity contribution >= 4 is 5.91 Å². The van der Waals surface area contributed by atoms with Crippen molar-refractivity contribution < 1.29 is 4.79 Å². The van der Waals surface area contributed by atoms with Gasteiger partial charge in [0.2, 0.25) is 5.91 Å². The van der Waals surface area contributed by atoms with Gasteiger partial charge in [-0.15, -0.1) is 0 Å². The summed E-state index contributed by atoms with van der Waals surface area (Å²) >= 11 is 0. The van der Waals surface area contributed by atoms with Crippen molar-refractivity contribution in [1.82, 2.24) is 10.3 Å². The lowest BCUT2D eigenvalue weighted by molar-refractivity contribution is -0.126. The SMILES string of the molecule is N#CCNC(=O)C1CCCCC1C#Cc1ccc(-c2ccncc2)cc1. The fourth-order valence-corrected chi connectivity index (χ4v) is 3.34. The minimum atomic E-state index is -0.110. The van der Waals surface area contributed by atoms with Crippen molar-refractivity contribution in [1.29, 1.82) is 5.26 Å². The lowest BCUT2D eigenvalue weighted by Crippen LogP contribution is -2.36. The Hall–Kier alpha value is -3.11. The van der Waals surface area contributed by atoms with Crippen LogP contribution in [0.4, 0.5) is 0 Å². The molecule has 1 aliphatic rings. The maximum atomic E-state index is 12.2. The summed E-state index contributed by atoms with van der Waals surface area (Å²) in [6, 6.07) is 14.0. The lowest BCUT2D eigenvalue weighted by Gasteiger charge is -2.26. The monoisotopic (exact) mass is 343 g/mol. The first-order chi connectivity index (χ1) is 12.8. The number of aromatic nitrogens is 1. The van der Waals surface area contributed by atoms with Crippen LogP contribution in [-0.2, 0) is 4.79 Å². The zero-order chi connectivity index (χ0) is 18.2. The van der Waals surface area contributed by atoms with Gasteiger partial charge in [-0.1, -0.05) is 36.8 Å². The maximum Gasteiger partial charge on any atom is 0.225 e. The van der Waals surface area contributed by atoms with Gasteiger partial charge in [0.05, 0.1) is 12.0 Å². The first-order valence-electron chi connectivity index (χ1n) is 8.94. The van der Waals surface area contributed by atoms with E-state index >= 15 is 0 Å². The molecule has 1 aliphatic carbocycles. The number of amides is 1. The van der Waals surface area contributed by atoms with Gasteiger partial charge in [-0.2, -0.15) is 5.26 Å². The summed E-state index contributed by atoms with van der Waals surface area (Å²) in [5, 5.41) is 11.3. The Kier molecular flexibility index (Phi) is 6.01. The normalized spacial score (nSPS) is 18.9. The molecule has 0 radical (unpaired) electrons. The molecule has 26 heavy (non-hydrogen) atoms. The van der Waals surface area contributed by atoms with E-state index < -0.39 is 0 Å². The number of carbonyl (C=O) groups is 1. The second kappa shape index (κ2) is 8.83. The van der Waals surface area contributed by atoms with Crippen LogP contribution in [0, 0.1) is 35.0 Å². The van der Waals surface area contributed by atoms with Crippen LogP contribution in [0.25, 0.3) is 11.1 Å². The number of nitrogens with one attached hydrogen (secondary N) is 1. The van der Waals surface area contributed by atoms with Gasteiger partial charge in [-0.05, 0) is 48.2 Å². The Bertz CT molecular complexity index is 841. The number of hydrogen-bond acceptors (Lipinski definition) is 3. The van der Waals surface area contributed by atoms with E-state index in [0.29, 0.717) is 0 Å². The zero-order valence-electron chi connectivity index (χ0n) is 14.6. The van der Waals surface area contributed by atoms with Crippen LogP contribution in [0.3, 0.4) is 0 Å². The predicted molar refractivity (Wildman–Crippen MR) is 101 cm³/mol. The van der Waals surface area contributed by atoms with Crippen molar-refractivity contribution in [3.63, 3.8) is 0 Å². The standard InChI is InChI=1S/C22H21N3O/c23-13-16-25-22(26)21-4-2-1-3-20(21)10-7-17-5-8-18(9-6-17)19-11-14-24-15-12-19/h5-6,8-9,11-12,14-15,20-21H,1-4,16H2,(H,25,26). The van der Waals surface area contributed by atoms with Crippen molar-refractivity contribution in [2.24, 2.45) is 11.8 Å². The molecule has 1 aromatic carbocycles. The highest BCUT2D eigenvalue weighted by Gasteiger charge is 2.29. The van der Waals surface area contributed by atoms with E-state index in [4.69, 9.17) is 5.26 Å². The molecule has 1 aromatic heterocycles. The van der Waals surface area contributed by atoms with Crippen LogP contribution in [0.5, 0.6) is 0 Å². The topological polar surface area (TPSA) is 65.8 Å². The summed E-state index contributed by atoms with van der Waals surface area (Å²) in [7, 11) is 0. The number of benzene rings is 1. The molecule has 0 aliphatic heterocycles. The van der Waals surface area contributed by atoms with Crippen LogP contribution < -0.4 is 5.32 Å². The Morgan fingerprint density at radius 2 is 1.77 bits per heavy atom.